The maximum absolute atomic E-state index is 5.99. The van der Waals surface area contributed by atoms with E-state index in [9.17, 15) is 0 Å². The summed E-state index contributed by atoms with van der Waals surface area (Å²) in [7, 11) is 1.67. The largest absolute Gasteiger partial charge is 0.497 e. The number of aromatic nitrogens is 2. The van der Waals surface area contributed by atoms with E-state index in [4.69, 9.17) is 10.5 Å². The summed E-state index contributed by atoms with van der Waals surface area (Å²) in [5.74, 6) is 1.45. The number of benzene rings is 1. The van der Waals surface area contributed by atoms with E-state index < -0.39 is 0 Å². The summed E-state index contributed by atoms with van der Waals surface area (Å²) in [5.41, 5.74) is 8.40. The minimum atomic E-state index is 0.408. The van der Waals surface area contributed by atoms with Crippen LogP contribution in [0.25, 0.3) is 11.0 Å². The van der Waals surface area contributed by atoms with Crippen molar-refractivity contribution in [1.82, 2.24) is 9.55 Å². The highest BCUT2D eigenvalue weighted by molar-refractivity contribution is 5.79. The summed E-state index contributed by atoms with van der Waals surface area (Å²) < 4.78 is 7.35. The molecule has 1 aromatic heterocycles. The van der Waals surface area contributed by atoms with Crippen LogP contribution in [-0.2, 0) is 6.54 Å². The molecule has 0 unspecified atom stereocenters. The molecule has 0 bridgehead atoms. The summed E-state index contributed by atoms with van der Waals surface area (Å²) >= 11 is 0. The molecule has 4 heteroatoms. The molecule has 17 heavy (non-hydrogen) atoms. The fourth-order valence-electron chi connectivity index (χ4n) is 2.17. The van der Waals surface area contributed by atoms with Gasteiger partial charge in [-0.15, -0.1) is 0 Å². The van der Waals surface area contributed by atoms with Crippen LogP contribution in [0.3, 0.4) is 0 Å². The van der Waals surface area contributed by atoms with E-state index in [2.05, 4.69) is 16.5 Å². The molecule has 0 aliphatic heterocycles. The van der Waals surface area contributed by atoms with Crippen LogP contribution in [0.4, 0.5) is 5.95 Å². The summed E-state index contributed by atoms with van der Waals surface area (Å²) in [6.45, 7) is 3.24. The van der Waals surface area contributed by atoms with Crippen LogP contribution in [0.15, 0.2) is 18.2 Å². The van der Waals surface area contributed by atoms with Crippen LogP contribution in [0.2, 0.25) is 0 Å². The number of methoxy groups -OCH3 is 1. The molecule has 0 atom stereocenters. The van der Waals surface area contributed by atoms with Crippen molar-refractivity contribution in [3.05, 3.63) is 18.2 Å². The molecule has 1 saturated carbocycles. The Morgan fingerprint density at radius 2 is 2.24 bits per heavy atom. The van der Waals surface area contributed by atoms with Gasteiger partial charge in [0.25, 0.3) is 0 Å². The van der Waals surface area contributed by atoms with E-state index in [0.717, 1.165) is 23.3 Å². The van der Waals surface area contributed by atoms with E-state index >= 15 is 0 Å². The second-order valence-corrected chi connectivity index (χ2v) is 5.22. The Balaban J connectivity index is 2.10. The number of fused-ring (bicyclic) bond motifs is 1. The zero-order valence-electron chi connectivity index (χ0n) is 10.2. The highest BCUT2D eigenvalue weighted by atomic mass is 16.5. The molecule has 0 radical (unpaired) electrons. The molecule has 1 aliphatic rings. The molecule has 4 nitrogen and oxygen atoms in total. The number of rotatable bonds is 3. The van der Waals surface area contributed by atoms with Crippen LogP contribution in [-0.4, -0.2) is 16.7 Å². The smallest absolute Gasteiger partial charge is 0.201 e. The van der Waals surface area contributed by atoms with Gasteiger partial charge in [-0.2, -0.15) is 0 Å². The minimum absolute atomic E-state index is 0.408. The van der Waals surface area contributed by atoms with Gasteiger partial charge in [0.05, 0.1) is 18.1 Å². The van der Waals surface area contributed by atoms with Crippen molar-refractivity contribution in [3.8, 4) is 5.75 Å². The Bertz CT molecular complexity index is 569. The van der Waals surface area contributed by atoms with Gasteiger partial charge in [0, 0.05) is 12.6 Å². The van der Waals surface area contributed by atoms with E-state index in [-0.39, 0.29) is 0 Å². The number of ether oxygens (including phenoxy) is 1. The molecule has 0 amide bonds. The van der Waals surface area contributed by atoms with E-state index in [1.165, 1.54) is 12.8 Å². The van der Waals surface area contributed by atoms with Crippen molar-refractivity contribution >= 4 is 17.0 Å². The van der Waals surface area contributed by atoms with Crippen molar-refractivity contribution in [3.63, 3.8) is 0 Å². The number of imidazole rings is 1. The zero-order chi connectivity index (χ0) is 12.0. The number of hydrogen-bond donors (Lipinski definition) is 1. The van der Waals surface area contributed by atoms with Gasteiger partial charge >= 0.3 is 0 Å². The van der Waals surface area contributed by atoms with E-state index in [0.29, 0.717) is 11.4 Å². The number of anilines is 1. The Kier molecular flexibility index (Phi) is 2.08. The van der Waals surface area contributed by atoms with E-state index in [1.807, 2.05) is 18.2 Å². The summed E-state index contributed by atoms with van der Waals surface area (Å²) in [6, 6.07) is 5.87. The normalized spacial score (nSPS) is 17.3. The van der Waals surface area contributed by atoms with Gasteiger partial charge in [-0.05, 0) is 30.4 Å². The lowest BCUT2D eigenvalue weighted by molar-refractivity contribution is 0.415. The molecule has 0 spiro atoms. The standard InChI is InChI=1S/C13H17N3O/c1-13(5-6-13)8-16-11-7-9(17-2)3-4-10(11)15-12(16)14/h3-4,7H,5-6,8H2,1-2H3,(H2,14,15). The van der Waals surface area contributed by atoms with Crippen molar-refractivity contribution in [2.24, 2.45) is 5.41 Å². The molecule has 1 aliphatic carbocycles. The topological polar surface area (TPSA) is 53.1 Å². The van der Waals surface area contributed by atoms with Crippen molar-refractivity contribution in [2.75, 3.05) is 12.8 Å². The predicted octanol–water partition coefficient (Wildman–Crippen LogP) is 2.43. The summed E-state index contributed by atoms with van der Waals surface area (Å²) in [6.07, 6.45) is 2.55. The van der Waals surface area contributed by atoms with Crippen molar-refractivity contribution < 1.29 is 4.74 Å². The summed E-state index contributed by atoms with van der Waals surface area (Å²) in [4.78, 5) is 4.39. The second-order valence-electron chi connectivity index (χ2n) is 5.22. The average molecular weight is 231 g/mol. The first-order chi connectivity index (χ1) is 8.11. The molecular weight excluding hydrogens is 214 g/mol. The van der Waals surface area contributed by atoms with Crippen LogP contribution < -0.4 is 10.5 Å². The first-order valence-corrected chi connectivity index (χ1v) is 5.91. The predicted molar refractivity (Wildman–Crippen MR) is 68.0 cm³/mol. The van der Waals surface area contributed by atoms with E-state index in [1.54, 1.807) is 7.11 Å². The van der Waals surface area contributed by atoms with Crippen molar-refractivity contribution in [1.29, 1.82) is 0 Å². The molecule has 1 heterocycles. The fraction of sp³-hybridized carbons (Fsp3) is 0.462. The van der Waals surface area contributed by atoms with Crippen LogP contribution in [0, 0.1) is 5.41 Å². The lowest BCUT2D eigenvalue weighted by atomic mass is 10.1. The molecule has 0 saturated heterocycles. The first-order valence-electron chi connectivity index (χ1n) is 5.91. The zero-order valence-corrected chi connectivity index (χ0v) is 10.2. The Labute approximate surface area is 100 Å². The lowest BCUT2D eigenvalue weighted by Crippen LogP contribution is -2.10. The molecule has 2 N–H and O–H groups in total. The van der Waals surface area contributed by atoms with Gasteiger partial charge in [-0.3, -0.25) is 0 Å². The number of nitrogens with zero attached hydrogens (tertiary/aromatic N) is 2. The number of nitrogens with two attached hydrogens (primary N) is 1. The van der Waals surface area contributed by atoms with Crippen LogP contribution >= 0.6 is 0 Å². The molecule has 90 valence electrons. The summed E-state index contributed by atoms with van der Waals surface area (Å²) in [5, 5.41) is 0. The third kappa shape index (κ3) is 1.73. The Morgan fingerprint density at radius 1 is 1.47 bits per heavy atom. The van der Waals surface area contributed by atoms with Gasteiger partial charge in [-0.25, -0.2) is 4.98 Å². The maximum Gasteiger partial charge on any atom is 0.201 e. The molecular formula is C13H17N3O. The van der Waals surface area contributed by atoms with Gasteiger partial charge in [0.15, 0.2) is 0 Å². The Hall–Kier alpha value is -1.71. The monoisotopic (exact) mass is 231 g/mol. The van der Waals surface area contributed by atoms with Gasteiger partial charge in [-0.1, -0.05) is 6.92 Å². The first kappa shape index (κ1) is 10.4. The van der Waals surface area contributed by atoms with Gasteiger partial charge in [0.1, 0.15) is 5.75 Å². The fourth-order valence-corrected chi connectivity index (χ4v) is 2.17. The Morgan fingerprint density at radius 3 is 2.88 bits per heavy atom. The van der Waals surface area contributed by atoms with Crippen molar-refractivity contribution in [2.45, 2.75) is 26.3 Å². The minimum Gasteiger partial charge on any atom is -0.497 e. The molecule has 3 rings (SSSR count). The van der Waals surface area contributed by atoms with Gasteiger partial charge < -0.3 is 15.0 Å². The quantitative estimate of drug-likeness (QED) is 0.882. The third-order valence-corrected chi connectivity index (χ3v) is 3.63. The van der Waals surface area contributed by atoms with Crippen LogP contribution in [0.1, 0.15) is 19.8 Å². The number of hydrogen-bond acceptors (Lipinski definition) is 3. The third-order valence-electron chi connectivity index (χ3n) is 3.63. The van der Waals surface area contributed by atoms with Gasteiger partial charge in [0.2, 0.25) is 5.95 Å². The molecule has 1 aromatic carbocycles. The average Bonchev–Trinajstić information content (AvgIpc) is 2.97. The second kappa shape index (κ2) is 3.39. The molecule has 2 aromatic rings. The maximum atomic E-state index is 5.99. The van der Waals surface area contributed by atoms with Crippen LogP contribution in [0.5, 0.6) is 5.75 Å². The lowest BCUT2D eigenvalue weighted by Gasteiger charge is -2.12. The SMILES string of the molecule is COc1ccc2nc(N)n(CC3(C)CC3)c2c1. The number of nitrogen functional groups attached to an aromatic ring is 1. The highest BCUT2D eigenvalue weighted by Crippen LogP contribution is 2.47. The molecule has 1 fully saturated rings. The highest BCUT2D eigenvalue weighted by Gasteiger charge is 2.38.